The van der Waals surface area contributed by atoms with Crippen LogP contribution in [-0.4, -0.2) is 10.8 Å². The highest BCUT2D eigenvalue weighted by atomic mass is 32.1. The molecule has 106 valence electrons. The maximum Gasteiger partial charge on any atom is 0.204 e. The van der Waals surface area contributed by atoms with Crippen LogP contribution in [0.5, 0.6) is 0 Å². The van der Waals surface area contributed by atoms with Gasteiger partial charge in [0.15, 0.2) is 5.13 Å². The first kappa shape index (κ1) is 14.0. The Balaban J connectivity index is 1.79. The van der Waals surface area contributed by atoms with Gasteiger partial charge in [0.1, 0.15) is 0 Å². The van der Waals surface area contributed by atoms with Crippen molar-refractivity contribution in [3.8, 4) is 6.07 Å². The number of benzene rings is 2. The summed E-state index contributed by atoms with van der Waals surface area (Å²) in [5.41, 5.74) is 1.98. The van der Waals surface area contributed by atoms with Gasteiger partial charge in [-0.25, -0.2) is 4.98 Å². The Morgan fingerprint density at radius 2 is 1.95 bits per heavy atom. The maximum atomic E-state index is 12.3. The lowest BCUT2D eigenvalue weighted by Crippen LogP contribution is -1.97. The summed E-state index contributed by atoms with van der Waals surface area (Å²) in [4.78, 5) is 17.1. The summed E-state index contributed by atoms with van der Waals surface area (Å²) in [5, 5.41) is 12.6. The van der Waals surface area contributed by atoms with E-state index in [1.54, 1.807) is 36.5 Å². The van der Waals surface area contributed by atoms with E-state index in [2.05, 4.69) is 16.4 Å². The second kappa shape index (κ2) is 6.20. The number of hydrogen-bond donors (Lipinski definition) is 1. The monoisotopic (exact) mass is 305 g/mol. The Morgan fingerprint density at radius 3 is 2.73 bits per heavy atom. The molecule has 0 amide bonds. The molecule has 0 saturated carbocycles. The fourth-order valence-corrected chi connectivity index (χ4v) is 2.76. The van der Waals surface area contributed by atoms with Gasteiger partial charge in [-0.3, -0.25) is 4.79 Å². The molecule has 0 radical (unpaired) electrons. The summed E-state index contributed by atoms with van der Waals surface area (Å²) in [7, 11) is 0. The first-order chi connectivity index (χ1) is 10.8. The summed E-state index contributed by atoms with van der Waals surface area (Å²) in [5.74, 6) is -0.0445. The average Bonchev–Trinajstić information content (AvgIpc) is 3.03. The van der Waals surface area contributed by atoms with Crippen molar-refractivity contribution in [2.45, 2.75) is 0 Å². The molecule has 22 heavy (non-hydrogen) atoms. The second-order valence-electron chi connectivity index (χ2n) is 4.54. The van der Waals surface area contributed by atoms with E-state index >= 15 is 0 Å². The molecule has 0 bridgehead atoms. The van der Waals surface area contributed by atoms with Crippen LogP contribution in [0.2, 0.25) is 0 Å². The number of carbonyl (C=O) groups is 1. The number of thiazole rings is 1. The lowest BCUT2D eigenvalue weighted by atomic mass is 10.1. The van der Waals surface area contributed by atoms with Gasteiger partial charge >= 0.3 is 0 Å². The zero-order valence-electron chi connectivity index (χ0n) is 11.5. The van der Waals surface area contributed by atoms with E-state index in [9.17, 15) is 4.79 Å². The van der Waals surface area contributed by atoms with Gasteiger partial charge in [-0.1, -0.05) is 47.7 Å². The summed E-state index contributed by atoms with van der Waals surface area (Å²) in [6.45, 7) is 0. The maximum absolute atomic E-state index is 12.3. The van der Waals surface area contributed by atoms with Gasteiger partial charge in [-0.2, -0.15) is 5.26 Å². The third-order valence-electron chi connectivity index (χ3n) is 3.01. The quantitative estimate of drug-likeness (QED) is 0.740. The molecule has 0 aliphatic heterocycles. The van der Waals surface area contributed by atoms with Gasteiger partial charge in [0, 0.05) is 11.3 Å². The van der Waals surface area contributed by atoms with E-state index in [-0.39, 0.29) is 5.78 Å². The standard InChI is InChI=1S/C17H11N3OS/c18-10-12-5-4-8-14(9-12)20-17-19-11-15(22-17)16(21)13-6-2-1-3-7-13/h1-9,11H,(H,19,20). The van der Waals surface area contributed by atoms with Crippen LogP contribution in [0, 0.1) is 11.3 Å². The third kappa shape index (κ3) is 3.03. The Bertz CT molecular complexity index is 850. The number of anilines is 2. The molecule has 0 atom stereocenters. The SMILES string of the molecule is N#Cc1cccc(Nc2ncc(C(=O)c3ccccc3)s2)c1. The fraction of sp³-hybridized carbons (Fsp3) is 0. The minimum atomic E-state index is -0.0445. The van der Waals surface area contributed by atoms with Crippen LogP contribution in [0.3, 0.4) is 0 Å². The first-order valence-electron chi connectivity index (χ1n) is 6.59. The molecule has 0 fully saturated rings. The molecule has 0 saturated heterocycles. The summed E-state index contributed by atoms with van der Waals surface area (Å²) in [6.07, 6.45) is 1.57. The zero-order valence-corrected chi connectivity index (χ0v) is 12.3. The molecule has 3 rings (SSSR count). The van der Waals surface area contributed by atoms with Crippen LogP contribution in [0.15, 0.2) is 60.8 Å². The fourth-order valence-electron chi connectivity index (χ4n) is 1.96. The van der Waals surface area contributed by atoms with E-state index < -0.39 is 0 Å². The van der Waals surface area contributed by atoms with Crippen molar-refractivity contribution in [1.82, 2.24) is 4.98 Å². The molecule has 2 aromatic carbocycles. The van der Waals surface area contributed by atoms with Crippen LogP contribution < -0.4 is 5.32 Å². The van der Waals surface area contributed by atoms with Gasteiger partial charge < -0.3 is 5.32 Å². The highest BCUT2D eigenvalue weighted by Gasteiger charge is 2.12. The number of nitriles is 1. The molecular formula is C17H11N3OS. The summed E-state index contributed by atoms with van der Waals surface area (Å²) >= 11 is 1.29. The van der Waals surface area contributed by atoms with Gasteiger partial charge in [-0.05, 0) is 18.2 Å². The predicted octanol–water partition coefficient (Wildman–Crippen LogP) is 3.99. The molecule has 0 unspecified atom stereocenters. The average molecular weight is 305 g/mol. The van der Waals surface area contributed by atoms with E-state index in [1.807, 2.05) is 24.3 Å². The molecule has 0 aliphatic carbocycles. The predicted molar refractivity (Wildman–Crippen MR) is 86.4 cm³/mol. The van der Waals surface area contributed by atoms with Crippen molar-refractivity contribution in [2.24, 2.45) is 0 Å². The van der Waals surface area contributed by atoms with Crippen molar-refractivity contribution in [1.29, 1.82) is 5.26 Å². The summed E-state index contributed by atoms with van der Waals surface area (Å²) < 4.78 is 0. The number of carbonyl (C=O) groups excluding carboxylic acids is 1. The van der Waals surface area contributed by atoms with Crippen molar-refractivity contribution in [3.63, 3.8) is 0 Å². The van der Waals surface area contributed by atoms with E-state index in [0.717, 1.165) is 5.69 Å². The van der Waals surface area contributed by atoms with Crippen LogP contribution in [0.4, 0.5) is 10.8 Å². The van der Waals surface area contributed by atoms with E-state index in [1.165, 1.54) is 11.3 Å². The van der Waals surface area contributed by atoms with Crippen molar-refractivity contribution >= 4 is 27.9 Å². The van der Waals surface area contributed by atoms with Crippen molar-refractivity contribution in [3.05, 3.63) is 76.8 Å². The van der Waals surface area contributed by atoms with Crippen LogP contribution in [0.25, 0.3) is 0 Å². The van der Waals surface area contributed by atoms with E-state index in [4.69, 9.17) is 5.26 Å². The number of ketones is 1. The van der Waals surface area contributed by atoms with Gasteiger partial charge in [-0.15, -0.1) is 0 Å². The lowest BCUT2D eigenvalue weighted by molar-refractivity contribution is 0.104. The number of nitrogens with one attached hydrogen (secondary N) is 1. The molecular weight excluding hydrogens is 294 g/mol. The lowest BCUT2D eigenvalue weighted by Gasteiger charge is -2.01. The molecule has 1 N–H and O–H groups in total. The summed E-state index contributed by atoms with van der Waals surface area (Å²) in [6, 6.07) is 18.3. The Morgan fingerprint density at radius 1 is 1.14 bits per heavy atom. The highest BCUT2D eigenvalue weighted by Crippen LogP contribution is 2.24. The Kier molecular flexibility index (Phi) is 3.95. The van der Waals surface area contributed by atoms with Crippen LogP contribution >= 0.6 is 11.3 Å². The minimum absolute atomic E-state index is 0.0445. The normalized spacial score (nSPS) is 9.95. The van der Waals surface area contributed by atoms with Crippen LogP contribution in [0.1, 0.15) is 20.8 Å². The van der Waals surface area contributed by atoms with Gasteiger partial charge in [0.05, 0.1) is 22.7 Å². The number of aromatic nitrogens is 1. The number of rotatable bonds is 4. The molecule has 5 heteroatoms. The molecule has 3 aromatic rings. The van der Waals surface area contributed by atoms with Crippen molar-refractivity contribution in [2.75, 3.05) is 5.32 Å². The third-order valence-corrected chi connectivity index (χ3v) is 3.92. The molecule has 1 heterocycles. The Labute approximate surface area is 131 Å². The molecule has 0 spiro atoms. The van der Waals surface area contributed by atoms with Gasteiger partial charge in [0.2, 0.25) is 5.78 Å². The largest absolute Gasteiger partial charge is 0.331 e. The van der Waals surface area contributed by atoms with Crippen LogP contribution in [-0.2, 0) is 0 Å². The zero-order chi connectivity index (χ0) is 15.4. The van der Waals surface area contributed by atoms with Gasteiger partial charge in [0.25, 0.3) is 0 Å². The van der Waals surface area contributed by atoms with Crippen molar-refractivity contribution < 1.29 is 4.79 Å². The first-order valence-corrected chi connectivity index (χ1v) is 7.41. The topological polar surface area (TPSA) is 65.8 Å². The second-order valence-corrected chi connectivity index (χ2v) is 5.57. The molecule has 4 nitrogen and oxygen atoms in total. The highest BCUT2D eigenvalue weighted by molar-refractivity contribution is 7.17. The molecule has 1 aromatic heterocycles. The number of hydrogen-bond acceptors (Lipinski definition) is 5. The Hall–Kier alpha value is -2.97. The minimum Gasteiger partial charge on any atom is -0.331 e. The number of nitrogens with zero attached hydrogens (tertiary/aromatic N) is 2. The van der Waals surface area contributed by atoms with E-state index in [0.29, 0.717) is 21.1 Å². The smallest absolute Gasteiger partial charge is 0.204 e. The molecule has 0 aliphatic rings.